The Labute approximate surface area is 117 Å². The fourth-order valence-electron chi connectivity index (χ4n) is 2.21. The highest BCUT2D eigenvalue weighted by Gasteiger charge is 2.19. The topological polar surface area (TPSA) is 53.1 Å². The van der Waals surface area contributed by atoms with E-state index in [4.69, 9.17) is 10.5 Å². The molecule has 0 fully saturated rings. The highest BCUT2D eigenvalue weighted by atomic mass is 16.5. The Kier molecular flexibility index (Phi) is 7.10. The fourth-order valence-corrected chi connectivity index (χ4v) is 2.21. The quantitative estimate of drug-likeness (QED) is 0.748. The summed E-state index contributed by atoms with van der Waals surface area (Å²) in [5.41, 5.74) is 7.33. The second kappa shape index (κ2) is 8.33. The molecular formula is C15H29N3O. The van der Waals surface area contributed by atoms with Crippen LogP contribution in [-0.2, 0) is 11.2 Å². The number of nitrogens with zero attached hydrogens (tertiary/aromatic N) is 2. The first-order valence-corrected chi connectivity index (χ1v) is 7.53. The van der Waals surface area contributed by atoms with Crippen molar-refractivity contribution < 1.29 is 4.74 Å². The van der Waals surface area contributed by atoms with Gasteiger partial charge >= 0.3 is 0 Å². The van der Waals surface area contributed by atoms with E-state index in [1.165, 1.54) is 0 Å². The molecule has 0 amide bonds. The molecule has 1 rings (SSSR count). The average Bonchev–Trinajstić information content (AvgIpc) is 2.86. The second-order valence-corrected chi connectivity index (χ2v) is 5.19. The molecule has 0 saturated carbocycles. The summed E-state index contributed by atoms with van der Waals surface area (Å²) in [7, 11) is 0. The SMILES string of the molecule is CCCC(OCC)C(N)Cc1ccn(C(C)CC)n1. The Balaban J connectivity index is 2.59. The lowest BCUT2D eigenvalue weighted by molar-refractivity contribution is 0.0376. The van der Waals surface area contributed by atoms with Gasteiger partial charge in [0.2, 0.25) is 0 Å². The molecule has 2 N–H and O–H groups in total. The first kappa shape index (κ1) is 16.2. The molecule has 0 aromatic carbocycles. The molecule has 1 aromatic heterocycles. The number of hydrogen-bond donors (Lipinski definition) is 1. The molecule has 0 aliphatic rings. The lowest BCUT2D eigenvalue weighted by atomic mass is 10.0. The smallest absolute Gasteiger partial charge is 0.0729 e. The van der Waals surface area contributed by atoms with Crippen LogP contribution in [0.1, 0.15) is 58.7 Å². The van der Waals surface area contributed by atoms with E-state index in [1.54, 1.807) is 0 Å². The molecule has 3 unspecified atom stereocenters. The van der Waals surface area contributed by atoms with Crippen molar-refractivity contribution in [1.29, 1.82) is 0 Å². The van der Waals surface area contributed by atoms with E-state index >= 15 is 0 Å². The van der Waals surface area contributed by atoms with Crippen LogP contribution in [0.3, 0.4) is 0 Å². The van der Waals surface area contributed by atoms with E-state index < -0.39 is 0 Å². The van der Waals surface area contributed by atoms with Gasteiger partial charge in [-0.25, -0.2) is 0 Å². The molecule has 1 heterocycles. The van der Waals surface area contributed by atoms with Gasteiger partial charge in [-0.05, 0) is 32.8 Å². The Bertz CT molecular complexity index is 345. The molecule has 110 valence electrons. The van der Waals surface area contributed by atoms with Gasteiger partial charge in [-0.3, -0.25) is 4.68 Å². The van der Waals surface area contributed by atoms with E-state index in [0.29, 0.717) is 6.04 Å². The highest BCUT2D eigenvalue weighted by molar-refractivity contribution is 5.03. The van der Waals surface area contributed by atoms with Gasteiger partial charge in [0.15, 0.2) is 0 Å². The van der Waals surface area contributed by atoms with Crippen LogP contribution in [0.4, 0.5) is 0 Å². The van der Waals surface area contributed by atoms with Crippen molar-refractivity contribution in [1.82, 2.24) is 9.78 Å². The van der Waals surface area contributed by atoms with Crippen molar-refractivity contribution in [3.8, 4) is 0 Å². The largest absolute Gasteiger partial charge is 0.377 e. The van der Waals surface area contributed by atoms with Crippen molar-refractivity contribution in [2.24, 2.45) is 5.73 Å². The van der Waals surface area contributed by atoms with Gasteiger partial charge in [0.1, 0.15) is 0 Å². The maximum Gasteiger partial charge on any atom is 0.0729 e. The van der Waals surface area contributed by atoms with E-state index in [9.17, 15) is 0 Å². The van der Waals surface area contributed by atoms with Gasteiger partial charge in [-0.15, -0.1) is 0 Å². The zero-order valence-corrected chi connectivity index (χ0v) is 12.8. The third-order valence-electron chi connectivity index (χ3n) is 3.58. The maximum absolute atomic E-state index is 6.27. The molecular weight excluding hydrogens is 238 g/mol. The molecule has 0 bridgehead atoms. The summed E-state index contributed by atoms with van der Waals surface area (Å²) in [5, 5.41) is 4.60. The fraction of sp³-hybridized carbons (Fsp3) is 0.800. The van der Waals surface area contributed by atoms with Gasteiger partial charge in [-0.2, -0.15) is 5.10 Å². The average molecular weight is 267 g/mol. The minimum atomic E-state index is 0.0279. The lowest BCUT2D eigenvalue weighted by Gasteiger charge is -2.22. The lowest BCUT2D eigenvalue weighted by Crippen LogP contribution is -2.38. The monoisotopic (exact) mass is 267 g/mol. The number of ether oxygens (including phenoxy) is 1. The summed E-state index contributed by atoms with van der Waals surface area (Å²) in [5.74, 6) is 0. The zero-order chi connectivity index (χ0) is 14.3. The number of nitrogens with two attached hydrogens (primary N) is 1. The molecule has 19 heavy (non-hydrogen) atoms. The first-order valence-electron chi connectivity index (χ1n) is 7.53. The summed E-state index contributed by atoms with van der Waals surface area (Å²) in [6.07, 6.45) is 6.18. The molecule has 0 aliphatic carbocycles. The summed E-state index contributed by atoms with van der Waals surface area (Å²) < 4.78 is 7.76. The van der Waals surface area contributed by atoms with Crippen molar-refractivity contribution in [3.05, 3.63) is 18.0 Å². The molecule has 4 nitrogen and oxygen atoms in total. The van der Waals surface area contributed by atoms with Crippen LogP contribution in [0.2, 0.25) is 0 Å². The molecule has 0 radical (unpaired) electrons. The van der Waals surface area contributed by atoms with E-state index in [2.05, 4.69) is 31.9 Å². The molecule has 0 spiro atoms. The van der Waals surface area contributed by atoms with Crippen molar-refractivity contribution in [2.75, 3.05) is 6.61 Å². The predicted octanol–water partition coefficient (Wildman–Crippen LogP) is 2.93. The van der Waals surface area contributed by atoms with Crippen LogP contribution in [0.15, 0.2) is 12.3 Å². The first-order chi connectivity index (χ1) is 9.12. The third kappa shape index (κ3) is 4.96. The Hall–Kier alpha value is -0.870. The second-order valence-electron chi connectivity index (χ2n) is 5.19. The van der Waals surface area contributed by atoms with Crippen LogP contribution < -0.4 is 5.73 Å². The third-order valence-corrected chi connectivity index (χ3v) is 3.58. The van der Waals surface area contributed by atoms with E-state index in [-0.39, 0.29) is 12.1 Å². The Morgan fingerprint density at radius 1 is 1.37 bits per heavy atom. The summed E-state index contributed by atoms with van der Waals surface area (Å²) in [6.45, 7) is 9.25. The molecule has 4 heteroatoms. The molecule has 0 aliphatic heterocycles. The normalized spacial score (nSPS) is 16.3. The molecule has 3 atom stereocenters. The summed E-state index contributed by atoms with van der Waals surface area (Å²) in [6, 6.07) is 2.55. The van der Waals surface area contributed by atoms with Gasteiger partial charge in [0.05, 0.1) is 11.8 Å². The zero-order valence-electron chi connectivity index (χ0n) is 12.8. The molecule has 1 aromatic rings. The van der Waals surface area contributed by atoms with Crippen LogP contribution in [0.5, 0.6) is 0 Å². The van der Waals surface area contributed by atoms with E-state index in [0.717, 1.165) is 38.0 Å². The minimum Gasteiger partial charge on any atom is -0.377 e. The molecule has 0 saturated heterocycles. The summed E-state index contributed by atoms with van der Waals surface area (Å²) >= 11 is 0. The van der Waals surface area contributed by atoms with Crippen LogP contribution >= 0.6 is 0 Å². The van der Waals surface area contributed by atoms with Gasteiger partial charge < -0.3 is 10.5 Å². The standard InChI is InChI=1S/C15H29N3O/c1-5-8-15(19-7-3)14(16)11-13-9-10-18(17-13)12(4)6-2/h9-10,12,14-15H,5-8,11,16H2,1-4H3. The number of aromatic nitrogens is 2. The van der Waals surface area contributed by atoms with Crippen LogP contribution in [0, 0.1) is 0 Å². The van der Waals surface area contributed by atoms with Crippen molar-refractivity contribution in [3.63, 3.8) is 0 Å². The van der Waals surface area contributed by atoms with Crippen LogP contribution in [-0.4, -0.2) is 28.5 Å². The van der Waals surface area contributed by atoms with E-state index in [1.807, 2.05) is 17.8 Å². The Morgan fingerprint density at radius 3 is 2.68 bits per heavy atom. The summed E-state index contributed by atoms with van der Waals surface area (Å²) in [4.78, 5) is 0. The predicted molar refractivity (Wildman–Crippen MR) is 79.2 cm³/mol. The van der Waals surface area contributed by atoms with Gasteiger partial charge in [0.25, 0.3) is 0 Å². The van der Waals surface area contributed by atoms with Crippen LogP contribution in [0.25, 0.3) is 0 Å². The van der Waals surface area contributed by atoms with Gasteiger partial charge in [0, 0.05) is 31.3 Å². The number of rotatable bonds is 9. The number of hydrogen-bond acceptors (Lipinski definition) is 3. The Morgan fingerprint density at radius 2 is 2.11 bits per heavy atom. The van der Waals surface area contributed by atoms with Crippen molar-refractivity contribution >= 4 is 0 Å². The maximum atomic E-state index is 6.27. The van der Waals surface area contributed by atoms with Gasteiger partial charge in [-0.1, -0.05) is 20.3 Å². The minimum absolute atomic E-state index is 0.0279. The highest BCUT2D eigenvalue weighted by Crippen LogP contribution is 2.13. The van der Waals surface area contributed by atoms with Crippen molar-refractivity contribution in [2.45, 2.75) is 71.6 Å².